The van der Waals surface area contributed by atoms with E-state index in [1.54, 1.807) is 6.07 Å². The second-order valence-electron chi connectivity index (χ2n) is 10.2. The zero-order valence-electron chi connectivity index (χ0n) is 23.3. The van der Waals surface area contributed by atoms with Crippen LogP contribution in [-0.2, 0) is 19.7 Å². The lowest BCUT2D eigenvalue weighted by Crippen LogP contribution is -2.33. The van der Waals surface area contributed by atoms with Gasteiger partial charge in [-0.15, -0.1) is 0 Å². The maximum absolute atomic E-state index is 12.6. The molecule has 0 spiro atoms. The number of ether oxygens (including phenoxy) is 1. The van der Waals surface area contributed by atoms with Crippen LogP contribution in [0.1, 0.15) is 101 Å². The van der Waals surface area contributed by atoms with Crippen molar-refractivity contribution >= 4 is 35.2 Å². The third kappa shape index (κ3) is 6.24. The largest absolute Gasteiger partial charge is 0.466 e. The summed E-state index contributed by atoms with van der Waals surface area (Å²) >= 11 is 6.38. The molecule has 0 saturated heterocycles. The molecule has 2 aromatic rings. The number of carbonyl (C=O) groups excluding carboxylic acids is 2. The van der Waals surface area contributed by atoms with Crippen LogP contribution in [0.25, 0.3) is 0 Å². The van der Waals surface area contributed by atoms with Crippen LogP contribution in [0.2, 0.25) is 5.02 Å². The normalized spacial score (nSPS) is 20.3. The molecule has 0 aromatic heterocycles. The number of anilines is 2. The predicted molar refractivity (Wildman–Crippen MR) is 154 cm³/mol. The first-order valence-electron chi connectivity index (χ1n) is 14.1. The minimum Gasteiger partial charge on any atom is -0.466 e. The lowest BCUT2D eigenvalue weighted by Gasteiger charge is -2.37. The second kappa shape index (κ2) is 13.8. The number of halogens is 1. The number of carbonyl (C=O) groups is 2. The smallest absolute Gasteiger partial charge is 0.308 e. The first kappa shape index (κ1) is 29.7. The number of rotatable bonds is 7. The van der Waals surface area contributed by atoms with Crippen molar-refractivity contribution < 1.29 is 14.3 Å². The molecule has 2 aliphatic carbocycles. The number of hydrogen-bond acceptors (Lipinski definition) is 5. The van der Waals surface area contributed by atoms with E-state index in [4.69, 9.17) is 16.3 Å². The molecular weight excluding hydrogens is 496 g/mol. The number of hydrogen-bond donors (Lipinski definition) is 0. The first-order valence-corrected chi connectivity index (χ1v) is 14.5. The molecule has 204 valence electrons. The van der Waals surface area contributed by atoms with E-state index in [-0.39, 0.29) is 11.9 Å². The van der Waals surface area contributed by atoms with E-state index >= 15 is 0 Å². The molecular formula is C32H41ClN2O3. The molecule has 0 radical (unpaired) electrons. The summed E-state index contributed by atoms with van der Waals surface area (Å²) < 4.78 is 5.24. The van der Waals surface area contributed by atoms with E-state index in [9.17, 15) is 14.9 Å². The molecule has 2 saturated carbocycles. The average Bonchev–Trinajstić information content (AvgIpc) is 2.98. The standard InChI is InChI=1S/C30H35ClN2O3.C2H6/c1-3-36-29(35)22-12-10-21(11-13-22)23-14-15-25(30(20-34)16-5-4-6-17-30)28(18-23)33(2)27-9-7-8-26(31)24(27)19-32;1-2/h7-9,14-15,18,20-22H,3-6,10-13,16-17H2,1-2H3;1-2H3. The first-order chi connectivity index (χ1) is 18.4. The van der Waals surface area contributed by atoms with Gasteiger partial charge in [0.05, 0.1) is 34.2 Å². The van der Waals surface area contributed by atoms with E-state index < -0.39 is 5.41 Å². The van der Waals surface area contributed by atoms with Crippen LogP contribution in [0.4, 0.5) is 11.4 Å². The van der Waals surface area contributed by atoms with Crippen molar-refractivity contribution in [1.29, 1.82) is 5.26 Å². The zero-order valence-corrected chi connectivity index (χ0v) is 24.0. The molecule has 0 unspecified atom stereocenters. The lowest BCUT2D eigenvalue weighted by molar-refractivity contribution is -0.149. The summed E-state index contributed by atoms with van der Waals surface area (Å²) in [6, 6.07) is 14.2. The third-order valence-electron chi connectivity index (χ3n) is 8.17. The van der Waals surface area contributed by atoms with E-state index in [0.29, 0.717) is 23.1 Å². The van der Waals surface area contributed by atoms with Gasteiger partial charge in [-0.2, -0.15) is 5.26 Å². The molecule has 4 rings (SSSR count). The van der Waals surface area contributed by atoms with Crippen molar-refractivity contribution in [1.82, 2.24) is 0 Å². The molecule has 38 heavy (non-hydrogen) atoms. The number of nitrogens with zero attached hydrogens (tertiary/aromatic N) is 2. The van der Waals surface area contributed by atoms with Gasteiger partial charge in [-0.25, -0.2) is 0 Å². The molecule has 2 fully saturated rings. The number of nitriles is 1. The summed E-state index contributed by atoms with van der Waals surface area (Å²) in [5.41, 5.74) is 3.82. The van der Waals surface area contributed by atoms with Crippen LogP contribution in [0, 0.1) is 17.2 Å². The van der Waals surface area contributed by atoms with Gasteiger partial charge in [-0.1, -0.05) is 62.9 Å². The molecule has 6 heteroatoms. The Hall–Kier alpha value is -2.84. The maximum atomic E-state index is 12.6. The van der Waals surface area contributed by atoms with Gasteiger partial charge in [0.15, 0.2) is 0 Å². The number of aldehydes is 1. The molecule has 0 bridgehead atoms. The average molecular weight is 537 g/mol. The van der Waals surface area contributed by atoms with E-state index in [1.807, 2.05) is 44.9 Å². The van der Waals surface area contributed by atoms with E-state index in [0.717, 1.165) is 81.0 Å². The summed E-state index contributed by atoms with van der Waals surface area (Å²) in [4.78, 5) is 26.8. The second-order valence-corrected chi connectivity index (χ2v) is 10.6. The van der Waals surface area contributed by atoms with Gasteiger partial charge < -0.3 is 14.4 Å². The fraction of sp³-hybridized carbons (Fsp3) is 0.531. The van der Waals surface area contributed by atoms with Crippen molar-refractivity contribution in [3.05, 3.63) is 58.1 Å². The summed E-state index contributed by atoms with van der Waals surface area (Å²) in [6.45, 7) is 6.27. The Labute approximate surface area is 233 Å². The van der Waals surface area contributed by atoms with Crippen molar-refractivity contribution in [2.24, 2.45) is 5.92 Å². The quantitative estimate of drug-likeness (QED) is 0.263. The van der Waals surface area contributed by atoms with Gasteiger partial charge in [0.2, 0.25) is 0 Å². The highest BCUT2D eigenvalue weighted by molar-refractivity contribution is 6.32. The Bertz CT molecular complexity index is 1140. The van der Waals surface area contributed by atoms with Crippen LogP contribution in [0.15, 0.2) is 36.4 Å². The summed E-state index contributed by atoms with van der Waals surface area (Å²) in [5, 5.41) is 10.2. The van der Waals surface area contributed by atoms with Gasteiger partial charge in [0, 0.05) is 12.7 Å². The van der Waals surface area contributed by atoms with Gasteiger partial charge in [-0.3, -0.25) is 4.79 Å². The van der Waals surface area contributed by atoms with Crippen LogP contribution in [0.3, 0.4) is 0 Å². The fourth-order valence-electron chi connectivity index (χ4n) is 6.09. The van der Waals surface area contributed by atoms with Crippen molar-refractivity contribution in [3.63, 3.8) is 0 Å². The highest BCUT2D eigenvalue weighted by Gasteiger charge is 2.37. The fourth-order valence-corrected chi connectivity index (χ4v) is 6.30. The lowest BCUT2D eigenvalue weighted by atomic mass is 9.69. The van der Waals surface area contributed by atoms with Gasteiger partial charge in [0.25, 0.3) is 0 Å². The van der Waals surface area contributed by atoms with Crippen molar-refractivity contribution in [3.8, 4) is 6.07 Å². The Balaban J connectivity index is 0.00000195. The summed E-state index contributed by atoms with van der Waals surface area (Å²) in [7, 11) is 1.95. The molecule has 0 atom stereocenters. The highest BCUT2D eigenvalue weighted by Crippen LogP contribution is 2.46. The van der Waals surface area contributed by atoms with Gasteiger partial charge >= 0.3 is 5.97 Å². The monoisotopic (exact) mass is 536 g/mol. The SMILES string of the molecule is CC.CCOC(=O)C1CCC(c2ccc(C3(C=O)CCCCC3)c(N(C)c3cccc(Cl)c3C#N)c2)CC1. The molecule has 0 amide bonds. The van der Waals surface area contributed by atoms with E-state index in [1.165, 1.54) is 5.56 Å². The minimum atomic E-state index is -0.521. The Morgan fingerprint density at radius 1 is 1.11 bits per heavy atom. The number of esters is 1. The molecule has 2 aromatic carbocycles. The van der Waals surface area contributed by atoms with Crippen LogP contribution in [-0.4, -0.2) is 25.9 Å². The molecule has 5 nitrogen and oxygen atoms in total. The predicted octanol–water partition coefficient (Wildman–Crippen LogP) is 8.24. The van der Waals surface area contributed by atoms with Crippen LogP contribution in [0.5, 0.6) is 0 Å². The van der Waals surface area contributed by atoms with Gasteiger partial charge in [0.1, 0.15) is 12.4 Å². The Morgan fingerprint density at radius 3 is 2.39 bits per heavy atom. The summed E-state index contributed by atoms with van der Waals surface area (Å²) in [6.07, 6.45) is 9.51. The Kier molecular flexibility index (Phi) is 10.8. The maximum Gasteiger partial charge on any atom is 0.308 e. The minimum absolute atomic E-state index is 0.0205. The molecule has 0 heterocycles. The molecule has 2 aliphatic rings. The van der Waals surface area contributed by atoms with E-state index in [2.05, 4.69) is 24.3 Å². The zero-order chi connectivity index (χ0) is 27.7. The topological polar surface area (TPSA) is 70.4 Å². The van der Waals surface area contributed by atoms with Gasteiger partial charge in [-0.05, 0) is 80.7 Å². The number of benzene rings is 2. The Morgan fingerprint density at radius 2 is 1.79 bits per heavy atom. The van der Waals surface area contributed by atoms with Crippen molar-refractivity contribution in [2.45, 2.75) is 89.9 Å². The van der Waals surface area contributed by atoms with Crippen LogP contribution < -0.4 is 4.90 Å². The van der Waals surface area contributed by atoms with Crippen LogP contribution >= 0.6 is 11.6 Å². The summed E-state index contributed by atoms with van der Waals surface area (Å²) in [5.74, 6) is 0.236. The molecule has 0 aliphatic heterocycles. The van der Waals surface area contributed by atoms with Crippen molar-refractivity contribution in [2.75, 3.05) is 18.6 Å². The third-order valence-corrected chi connectivity index (χ3v) is 8.49. The highest BCUT2D eigenvalue weighted by atomic mass is 35.5. The molecule has 0 N–H and O–H groups in total.